The van der Waals surface area contributed by atoms with E-state index in [0.29, 0.717) is 11.0 Å². The zero-order valence-electron chi connectivity index (χ0n) is 14.4. The number of esters is 1. The molecular formula is C23H16O4. The fourth-order valence-electron chi connectivity index (χ4n) is 2.85. The molecule has 0 aliphatic carbocycles. The van der Waals surface area contributed by atoms with Gasteiger partial charge in [0.25, 0.3) is 0 Å². The van der Waals surface area contributed by atoms with Crippen molar-refractivity contribution in [2.45, 2.75) is 6.61 Å². The number of ether oxygens (including phenoxy) is 1. The Morgan fingerprint density at radius 3 is 2.26 bits per heavy atom. The SMILES string of the molecule is O=C(OCc1ccc(-c2ccccc2)cc1)c1cc2ccccc2oc1=O. The molecule has 0 saturated heterocycles. The van der Waals surface area contributed by atoms with Crippen molar-refractivity contribution in [3.05, 3.63) is 106 Å². The molecule has 0 amide bonds. The standard InChI is InChI=1S/C23H16O4/c24-22(20-14-19-8-4-5-9-21(19)27-23(20)25)26-15-16-10-12-18(13-11-16)17-6-2-1-3-7-17/h1-14H,15H2. The van der Waals surface area contributed by atoms with Crippen LogP contribution in [-0.2, 0) is 11.3 Å². The van der Waals surface area contributed by atoms with Crippen LogP contribution < -0.4 is 5.63 Å². The molecule has 0 atom stereocenters. The lowest BCUT2D eigenvalue weighted by molar-refractivity contribution is 0.0468. The molecule has 0 unspecified atom stereocenters. The van der Waals surface area contributed by atoms with Gasteiger partial charge in [-0.3, -0.25) is 0 Å². The Morgan fingerprint density at radius 1 is 0.815 bits per heavy atom. The summed E-state index contributed by atoms with van der Waals surface area (Å²) in [5.41, 5.74) is 2.69. The van der Waals surface area contributed by atoms with Crippen molar-refractivity contribution in [1.82, 2.24) is 0 Å². The van der Waals surface area contributed by atoms with Crippen LogP contribution in [-0.4, -0.2) is 5.97 Å². The summed E-state index contributed by atoms with van der Waals surface area (Å²) in [6, 6.07) is 26.3. The minimum atomic E-state index is -0.696. The largest absolute Gasteiger partial charge is 0.457 e. The van der Waals surface area contributed by atoms with Gasteiger partial charge in [-0.2, -0.15) is 0 Å². The van der Waals surface area contributed by atoms with Crippen LogP contribution in [0.3, 0.4) is 0 Å². The van der Waals surface area contributed by atoms with Gasteiger partial charge in [0.05, 0.1) is 0 Å². The van der Waals surface area contributed by atoms with Crippen molar-refractivity contribution < 1.29 is 13.9 Å². The zero-order valence-corrected chi connectivity index (χ0v) is 14.4. The van der Waals surface area contributed by atoms with E-state index in [4.69, 9.17) is 9.15 Å². The first-order valence-corrected chi connectivity index (χ1v) is 8.55. The summed E-state index contributed by atoms with van der Waals surface area (Å²) in [6.45, 7) is 0.0835. The van der Waals surface area contributed by atoms with E-state index in [9.17, 15) is 9.59 Å². The third-order valence-corrected chi connectivity index (χ3v) is 4.29. The van der Waals surface area contributed by atoms with Gasteiger partial charge in [-0.1, -0.05) is 72.8 Å². The van der Waals surface area contributed by atoms with Gasteiger partial charge in [0, 0.05) is 5.39 Å². The van der Waals surface area contributed by atoms with Crippen molar-refractivity contribution in [3.63, 3.8) is 0 Å². The second-order valence-electron chi connectivity index (χ2n) is 6.12. The highest BCUT2D eigenvalue weighted by Crippen LogP contribution is 2.20. The predicted molar refractivity (Wildman–Crippen MR) is 103 cm³/mol. The number of benzene rings is 3. The van der Waals surface area contributed by atoms with Crippen LogP contribution >= 0.6 is 0 Å². The fraction of sp³-hybridized carbons (Fsp3) is 0.0435. The first-order chi connectivity index (χ1) is 13.2. The molecule has 4 heteroatoms. The van der Waals surface area contributed by atoms with Gasteiger partial charge < -0.3 is 9.15 Å². The van der Waals surface area contributed by atoms with E-state index in [-0.39, 0.29) is 12.2 Å². The second-order valence-corrected chi connectivity index (χ2v) is 6.12. The van der Waals surface area contributed by atoms with E-state index in [1.165, 1.54) is 6.07 Å². The average Bonchev–Trinajstić information content (AvgIpc) is 2.72. The van der Waals surface area contributed by atoms with E-state index in [2.05, 4.69) is 0 Å². The molecule has 0 aliphatic rings. The molecular weight excluding hydrogens is 340 g/mol. The molecule has 0 N–H and O–H groups in total. The quantitative estimate of drug-likeness (QED) is 0.389. The van der Waals surface area contributed by atoms with Crippen molar-refractivity contribution in [3.8, 4) is 11.1 Å². The normalized spacial score (nSPS) is 10.7. The van der Waals surface area contributed by atoms with Crippen LogP contribution in [0.15, 0.2) is 94.1 Å². The maximum atomic E-state index is 12.3. The number of carbonyl (C=O) groups is 1. The molecule has 0 saturated carbocycles. The average molecular weight is 356 g/mol. The Kier molecular flexibility index (Phi) is 4.54. The minimum absolute atomic E-state index is 0.0835. The molecule has 0 bridgehead atoms. The highest BCUT2D eigenvalue weighted by molar-refractivity contribution is 5.92. The molecule has 0 spiro atoms. The van der Waals surface area contributed by atoms with E-state index >= 15 is 0 Å². The first kappa shape index (κ1) is 16.8. The van der Waals surface area contributed by atoms with Gasteiger partial charge in [0.15, 0.2) is 0 Å². The number of para-hydroxylation sites is 1. The smallest absolute Gasteiger partial charge is 0.351 e. The molecule has 4 rings (SSSR count). The molecule has 0 aliphatic heterocycles. The lowest BCUT2D eigenvalue weighted by atomic mass is 10.0. The van der Waals surface area contributed by atoms with Crippen LogP contribution in [0.25, 0.3) is 22.1 Å². The van der Waals surface area contributed by atoms with E-state index in [0.717, 1.165) is 16.7 Å². The first-order valence-electron chi connectivity index (χ1n) is 8.55. The summed E-state index contributed by atoms with van der Waals surface area (Å²) in [7, 11) is 0. The number of carbonyl (C=O) groups excluding carboxylic acids is 1. The summed E-state index contributed by atoms with van der Waals surface area (Å²) < 4.78 is 10.5. The molecule has 0 fully saturated rings. The van der Waals surface area contributed by atoms with Gasteiger partial charge in [0.2, 0.25) is 0 Å². The minimum Gasteiger partial charge on any atom is -0.457 e. The van der Waals surface area contributed by atoms with Crippen molar-refractivity contribution in [1.29, 1.82) is 0 Å². The molecule has 0 radical (unpaired) electrons. The number of rotatable bonds is 4. The highest BCUT2D eigenvalue weighted by atomic mass is 16.5. The molecule has 4 nitrogen and oxygen atoms in total. The van der Waals surface area contributed by atoms with Crippen molar-refractivity contribution >= 4 is 16.9 Å². The third kappa shape index (κ3) is 3.65. The topological polar surface area (TPSA) is 56.5 Å². The van der Waals surface area contributed by atoms with Gasteiger partial charge in [-0.15, -0.1) is 0 Å². The molecule has 3 aromatic carbocycles. The predicted octanol–water partition coefficient (Wildman–Crippen LogP) is 4.82. The number of fused-ring (bicyclic) bond motifs is 1. The Balaban J connectivity index is 1.48. The monoisotopic (exact) mass is 356 g/mol. The van der Waals surface area contributed by atoms with Gasteiger partial charge >= 0.3 is 11.6 Å². The molecule has 1 heterocycles. The highest BCUT2D eigenvalue weighted by Gasteiger charge is 2.15. The molecule has 1 aromatic heterocycles. The maximum Gasteiger partial charge on any atom is 0.351 e. The molecule has 4 aromatic rings. The van der Waals surface area contributed by atoms with Crippen molar-refractivity contribution in [2.75, 3.05) is 0 Å². The Morgan fingerprint density at radius 2 is 1.48 bits per heavy atom. The van der Waals surface area contributed by atoms with Crippen molar-refractivity contribution in [2.24, 2.45) is 0 Å². The lowest BCUT2D eigenvalue weighted by Gasteiger charge is -2.06. The summed E-state index contributed by atoms with van der Waals surface area (Å²) in [5.74, 6) is -0.693. The summed E-state index contributed by atoms with van der Waals surface area (Å²) in [6.07, 6.45) is 0. The molecule has 132 valence electrons. The van der Waals surface area contributed by atoms with Gasteiger partial charge in [-0.05, 0) is 28.8 Å². The summed E-state index contributed by atoms with van der Waals surface area (Å²) in [4.78, 5) is 24.3. The van der Waals surface area contributed by atoms with Crippen LogP contribution in [0.5, 0.6) is 0 Å². The zero-order chi connectivity index (χ0) is 18.6. The molecule has 27 heavy (non-hydrogen) atoms. The van der Waals surface area contributed by atoms with Crippen LogP contribution in [0.2, 0.25) is 0 Å². The maximum absolute atomic E-state index is 12.3. The summed E-state index contributed by atoms with van der Waals surface area (Å²) in [5, 5.41) is 0.677. The van der Waals surface area contributed by atoms with Gasteiger partial charge in [0.1, 0.15) is 17.8 Å². The summed E-state index contributed by atoms with van der Waals surface area (Å²) >= 11 is 0. The van der Waals surface area contributed by atoms with Crippen LogP contribution in [0.4, 0.5) is 0 Å². The fourth-order valence-corrected chi connectivity index (χ4v) is 2.85. The number of hydrogen-bond acceptors (Lipinski definition) is 4. The number of hydrogen-bond donors (Lipinski definition) is 0. The van der Waals surface area contributed by atoms with E-state index in [1.807, 2.05) is 60.7 Å². The van der Waals surface area contributed by atoms with Crippen LogP contribution in [0, 0.1) is 0 Å². The van der Waals surface area contributed by atoms with Gasteiger partial charge in [-0.25, -0.2) is 9.59 Å². The Labute approximate surface area is 155 Å². The van der Waals surface area contributed by atoms with E-state index in [1.54, 1.807) is 18.2 Å². The van der Waals surface area contributed by atoms with Crippen LogP contribution in [0.1, 0.15) is 15.9 Å². The Hall–Kier alpha value is -3.66. The second kappa shape index (κ2) is 7.30. The third-order valence-electron chi connectivity index (χ3n) is 4.29. The Bertz CT molecular complexity index is 1140. The lowest BCUT2D eigenvalue weighted by Crippen LogP contribution is -2.16. The van der Waals surface area contributed by atoms with E-state index < -0.39 is 11.6 Å².